The number of nitrogens with one attached hydrogen (secondary N) is 1. The van der Waals surface area contributed by atoms with Gasteiger partial charge >= 0.3 is 0 Å². The van der Waals surface area contributed by atoms with Crippen molar-refractivity contribution < 1.29 is 9.53 Å². The lowest BCUT2D eigenvalue weighted by Crippen LogP contribution is -2.55. The number of nitrogens with zero attached hydrogens (tertiary/aromatic N) is 2. The number of ether oxygens (including phenoxy) is 1. The van der Waals surface area contributed by atoms with Gasteiger partial charge in [-0.05, 0) is 33.9 Å². The van der Waals surface area contributed by atoms with E-state index in [1.165, 1.54) is 25.7 Å². The van der Waals surface area contributed by atoms with Crippen LogP contribution in [0.25, 0.3) is 0 Å². The SMILES string of the molecule is C[C@@H](C(=O)NC1CCCCCC1)N1CCO[C@@H](CN(C)C)C1. The first-order valence-electron chi connectivity index (χ1n) is 8.87. The molecular formula is C17H33N3O2. The maximum absolute atomic E-state index is 12.5. The van der Waals surface area contributed by atoms with Crippen molar-refractivity contribution >= 4 is 5.91 Å². The van der Waals surface area contributed by atoms with Crippen LogP contribution in [0, 0.1) is 0 Å². The number of likely N-dealkylation sites (N-methyl/N-ethyl adjacent to an activating group) is 1. The van der Waals surface area contributed by atoms with Crippen LogP contribution in [-0.2, 0) is 9.53 Å². The Kier molecular flexibility index (Phi) is 7.12. The van der Waals surface area contributed by atoms with E-state index in [4.69, 9.17) is 4.74 Å². The van der Waals surface area contributed by atoms with Crippen molar-refractivity contribution in [1.29, 1.82) is 0 Å². The minimum atomic E-state index is -0.0585. The van der Waals surface area contributed by atoms with Crippen molar-refractivity contribution in [2.45, 2.75) is 63.6 Å². The van der Waals surface area contributed by atoms with E-state index in [0.717, 1.165) is 39.1 Å². The zero-order valence-corrected chi connectivity index (χ0v) is 14.5. The van der Waals surface area contributed by atoms with Crippen LogP contribution in [-0.4, -0.2) is 74.2 Å². The van der Waals surface area contributed by atoms with Gasteiger partial charge in [-0.25, -0.2) is 0 Å². The molecule has 0 spiro atoms. The largest absolute Gasteiger partial charge is 0.374 e. The van der Waals surface area contributed by atoms with Crippen LogP contribution >= 0.6 is 0 Å². The van der Waals surface area contributed by atoms with E-state index in [2.05, 4.69) is 29.2 Å². The number of amides is 1. The van der Waals surface area contributed by atoms with Crippen LogP contribution < -0.4 is 5.32 Å². The molecule has 1 amide bonds. The van der Waals surface area contributed by atoms with Crippen molar-refractivity contribution in [3.63, 3.8) is 0 Å². The molecule has 1 N–H and O–H groups in total. The Labute approximate surface area is 135 Å². The third-order valence-electron chi connectivity index (χ3n) is 4.87. The third kappa shape index (κ3) is 5.52. The monoisotopic (exact) mass is 311 g/mol. The maximum Gasteiger partial charge on any atom is 0.237 e. The molecule has 0 unspecified atom stereocenters. The van der Waals surface area contributed by atoms with Crippen molar-refractivity contribution in [3.05, 3.63) is 0 Å². The lowest BCUT2D eigenvalue weighted by atomic mass is 10.1. The molecule has 0 aromatic heterocycles. The van der Waals surface area contributed by atoms with Gasteiger partial charge in [-0.15, -0.1) is 0 Å². The molecule has 2 aliphatic rings. The highest BCUT2D eigenvalue weighted by Crippen LogP contribution is 2.18. The highest BCUT2D eigenvalue weighted by molar-refractivity contribution is 5.81. The first kappa shape index (κ1) is 17.7. The van der Waals surface area contributed by atoms with Gasteiger partial charge in [-0.3, -0.25) is 9.69 Å². The number of morpholine rings is 1. The van der Waals surface area contributed by atoms with Gasteiger partial charge in [0.1, 0.15) is 0 Å². The fourth-order valence-electron chi connectivity index (χ4n) is 3.52. The highest BCUT2D eigenvalue weighted by Gasteiger charge is 2.29. The predicted molar refractivity (Wildman–Crippen MR) is 89.0 cm³/mol. The Bertz CT molecular complexity index is 341. The van der Waals surface area contributed by atoms with Crippen LogP contribution in [0.1, 0.15) is 45.4 Å². The summed E-state index contributed by atoms with van der Waals surface area (Å²) in [6.07, 6.45) is 7.63. The number of carbonyl (C=O) groups is 1. The van der Waals surface area contributed by atoms with Gasteiger partial charge in [-0.2, -0.15) is 0 Å². The van der Waals surface area contributed by atoms with E-state index < -0.39 is 0 Å². The fraction of sp³-hybridized carbons (Fsp3) is 0.941. The van der Waals surface area contributed by atoms with Crippen LogP contribution in [0.2, 0.25) is 0 Å². The molecule has 1 aliphatic heterocycles. The number of rotatable bonds is 5. The standard InChI is InChI=1S/C17H33N3O2/c1-14(17(21)18-15-8-6-4-5-7-9-15)20-10-11-22-16(13-20)12-19(2)3/h14-16H,4-13H2,1-3H3,(H,18,21)/t14-,16-/m0/s1. The van der Waals surface area contributed by atoms with Crippen LogP contribution in [0.4, 0.5) is 0 Å². The number of hydrogen-bond donors (Lipinski definition) is 1. The molecule has 128 valence electrons. The topological polar surface area (TPSA) is 44.8 Å². The first-order valence-corrected chi connectivity index (χ1v) is 8.87. The molecule has 2 atom stereocenters. The average Bonchev–Trinajstić information content (AvgIpc) is 2.74. The Morgan fingerprint density at radius 1 is 1.27 bits per heavy atom. The van der Waals surface area contributed by atoms with E-state index in [1.807, 2.05) is 6.92 Å². The molecule has 1 saturated heterocycles. The van der Waals surface area contributed by atoms with Gasteiger partial charge in [0, 0.05) is 25.7 Å². The van der Waals surface area contributed by atoms with Crippen molar-refractivity contribution in [2.24, 2.45) is 0 Å². The van der Waals surface area contributed by atoms with Crippen molar-refractivity contribution in [3.8, 4) is 0 Å². The number of hydrogen-bond acceptors (Lipinski definition) is 4. The Morgan fingerprint density at radius 3 is 2.59 bits per heavy atom. The number of carbonyl (C=O) groups excluding carboxylic acids is 1. The second-order valence-corrected chi connectivity index (χ2v) is 7.12. The van der Waals surface area contributed by atoms with Gasteiger partial charge in [0.25, 0.3) is 0 Å². The Balaban J connectivity index is 1.81. The normalized spacial score (nSPS) is 26.6. The minimum Gasteiger partial charge on any atom is -0.374 e. The van der Waals surface area contributed by atoms with Gasteiger partial charge in [0.05, 0.1) is 18.8 Å². The molecule has 0 radical (unpaired) electrons. The molecule has 2 rings (SSSR count). The van der Waals surface area contributed by atoms with Crippen LogP contribution in [0.3, 0.4) is 0 Å². The molecule has 5 heteroatoms. The van der Waals surface area contributed by atoms with Gasteiger partial charge < -0.3 is 15.0 Å². The van der Waals surface area contributed by atoms with Gasteiger partial charge in [-0.1, -0.05) is 25.7 Å². The van der Waals surface area contributed by atoms with E-state index >= 15 is 0 Å². The third-order valence-corrected chi connectivity index (χ3v) is 4.87. The minimum absolute atomic E-state index is 0.0585. The van der Waals surface area contributed by atoms with E-state index in [-0.39, 0.29) is 18.1 Å². The second kappa shape index (κ2) is 8.85. The average molecular weight is 311 g/mol. The zero-order valence-electron chi connectivity index (χ0n) is 14.5. The maximum atomic E-state index is 12.5. The molecule has 1 aliphatic carbocycles. The van der Waals surface area contributed by atoms with Crippen LogP contribution in [0.15, 0.2) is 0 Å². The smallest absolute Gasteiger partial charge is 0.237 e. The quantitative estimate of drug-likeness (QED) is 0.781. The van der Waals surface area contributed by atoms with E-state index in [1.54, 1.807) is 0 Å². The summed E-state index contributed by atoms with van der Waals surface area (Å²) in [5, 5.41) is 3.28. The first-order chi connectivity index (χ1) is 10.6. The fourth-order valence-corrected chi connectivity index (χ4v) is 3.52. The predicted octanol–water partition coefficient (Wildman–Crippen LogP) is 1.48. The summed E-state index contributed by atoms with van der Waals surface area (Å²) in [5.41, 5.74) is 0. The molecule has 2 fully saturated rings. The molecular weight excluding hydrogens is 278 g/mol. The van der Waals surface area contributed by atoms with Crippen LogP contribution in [0.5, 0.6) is 0 Å². The van der Waals surface area contributed by atoms with Crippen molar-refractivity contribution in [2.75, 3.05) is 40.3 Å². The lowest BCUT2D eigenvalue weighted by molar-refractivity contribution is -0.130. The summed E-state index contributed by atoms with van der Waals surface area (Å²) in [5.74, 6) is 0.192. The Hall–Kier alpha value is -0.650. The summed E-state index contributed by atoms with van der Waals surface area (Å²) in [6.45, 7) is 5.36. The molecule has 5 nitrogen and oxygen atoms in total. The lowest BCUT2D eigenvalue weighted by Gasteiger charge is -2.37. The van der Waals surface area contributed by atoms with E-state index in [0.29, 0.717) is 6.04 Å². The van der Waals surface area contributed by atoms with Crippen molar-refractivity contribution in [1.82, 2.24) is 15.1 Å². The summed E-state index contributed by atoms with van der Waals surface area (Å²) >= 11 is 0. The highest BCUT2D eigenvalue weighted by atomic mass is 16.5. The summed E-state index contributed by atoms with van der Waals surface area (Å²) < 4.78 is 5.80. The Morgan fingerprint density at radius 2 is 1.95 bits per heavy atom. The van der Waals surface area contributed by atoms with Gasteiger partial charge in [0.2, 0.25) is 5.91 Å². The molecule has 1 saturated carbocycles. The molecule has 0 aromatic rings. The molecule has 22 heavy (non-hydrogen) atoms. The zero-order chi connectivity index (χ0) is 15.9. The second-order valence-electron chi connectivity index (χ2n) is 7.12. The molecule has 0 bridgehead atoms. The molecule has 1 heterocycles. The van der Waals surface area contributed by atoms with E-state index in [9.17, 15) is 4.79 Å². The summed E-state index contributed by atoms with van der Waals surface area (Å²) in [7, 11) is 4.12. The van der Waals surface area contributed by atoms with Gasteiger partial charge in [0.15, 0.2) is 0 Å². The molecule has 0 aromatic carbocycles. The summed E-state index contributed by atoms with van der Waals surface area (Å²) in [4.78, 5) is 17.0. The summed E-state index contributed by atoms with van der Waals surface area (Å²) in [6, 6.07) is 0.327.